The second-order valence-corrected chi connectivity index (χ2v) is 7.59. The van der Waals surface area contributed by atoms with Gasteiger partial charge in [-0.1, -0.05) is 12.1 Å². The number of carbonyl (C=O) groups excluding carboxylic acids is 1. The van der Waals surface area contributed by atoms with E-state index in [-0.39, 0.29) is 12.5 Å². The molecule has 0 aliphatic carbocycles. The first-order valence-corrected chi connectivity index (χ1v) is 10.6. The van der Waals surface area contributed by atoms with Gasteiger partial charge in [-0.3, -0.25) is 9.69 Å². The number of carbonyl (C=O) groups is 1. The van der Waals surface area contributed by atoms with Gasteiger partial charge in [0, 0.05) is 43.3 Å². The van der Waals surface area contributed by atoms with Crippen molar-refractivity contribution in [3.63, 3.8) is 0 Å². The third-order valence-electron chi connectivity index (χ3n) is 5.46. The lowest BCUT2D eigenvalue weighted by molar-refractivity contribution is -0.121. The minimum Gasteiger partial charge on any atom is -0.497 e. The van der Waals surface area contributed by atoms with Crippen molar-refractivity contribution in [2.75, 3.05) is 46.6 Å². The third-order valence-corrected chi connectivity index (χ3v) is 5.46. The number of hydrogen-bond acceptors (Lipinski definition) is 5. The quantitative estimate of drug-likeness (QED) is 0.573. The lowest BCUT2D eigenvalue weighted by atomic mass is 10.2. The molecule has 4 rings (SSSR count). The third kappa shape index (κ3) is 5.77. The van der Waals surface area contributed by atoms with Gasteiger partial charge in [0.05, 0.1) is 20.3 Å². The Hall–Kier alpha value is -3.03. The van der Waals surface area contributed by atoms with E-state index in [4.69, 9.17) is 14.2 Å². The van der Waals surface area contributed by atoms with Crippen molar-refractivity contribution in [1.29, 1.82) is 0 Å². The van der Waals surface area contributed by atoms with Crippen LogP contribution >= 0.6 is 0 Å². The van der Waals surface area contributed by atoms with E-state index in [1.54, 1.807) is 7.11 Å². The monoisotopic (exact) mass is 423 g/mol. The largest absolute Gasteiger partial charge is 0.497 e. The Labute approximate surface area is 182 Å². The van der Waals surface area contributed by atoms with Gasteiger partial charge in [-0.15, -0.1) is 0 Å². The van der Waals surface area contributed by atoms with Crippen LogP contribution in [0.3, 0.4) is 0 Å². The number of morpholine rings is 1. The van der Waals surface area contributed by atoms with Gasteiger partial charge in [0.2, 0.25) is 5.91 Å². The number of amides is 1. The summed E-state index contributed by atoms with van der Waals surface area (Å²) in [5.41, 5.74) is 2.02. The number of methoxy groups -OCH3 is 1. The van der Waals surface area contributed by atoms with E-state index in [0.29, 0.717) is 13.2 Å². The fraction of sp³-hybridized carbons (Fsp3) is 0.375. The van der Waals surface area contributed by atoms with Crippen molar-refractivity contribution in [1.82, 2.24) is 14.8 Å². The Morgan fingerprint density at radius 2 is 1.97 bits per heavy atom. The van der Waals surface area contributed by atoms with Gasteiger partial charge in [-0.25, -0.2) is 0 Å². The number of rotatable bonds is 9. The number of ether oxygens (including phenoxy) is 3. The molecule has 1 aliphatic heterocycles. The van der Waals surface area contributed by atoms with E-state index in [1.165, 1.54) is 0 Å². The highest BCUT2D eigenvalue weighted by molar-refractivity contribution is 5.84. The fourth-order valence-corrected chi connectivity index (χ4v) is 3.72. The normalized spacial score (nSPS) is 14.5. The molecule has 1 aliphatic rings. The molecule has 31 heavy (non-hydrogen) atoms. The first-order valence-electron chi connectivity index (χ1n) is 10.6. The summed E-state index contributed by atoms with van der Waals surface area (Å²) in [6, 6.07) is 15.7. The topological polar surface area (TPSA) is 65.0 Å². The molecule has 0 spiro atoms. The molecule has 1 amide bonds. The summed E-state index contributed by atoms with van der Waals surface area (Å²) in [6.45, 7) is 5.77. The zero-order valence-electron chi connectivity index (χ0n) is 17.9. The molecule has 1 N–H and O–H groups in total. The standard InChI is InChI=1S/C24H29N3O4/c1-29-21-5-6-23-20(16-21)7-8-27(23)18-24(28)25-17-19-3-2-4-22(15-19)31-14-11-26-9-12-30-13-10-26/h2-8,15-16H,9-14,17-18H2,1H3,(H,25,28). The summed E-state index contributed by atoms with van der Waals surface area (Å²) < 4.78 is 18.5. The summed E-state index contributed by atoms with van der Waals surface area (Å²) in [6.07, 6.45) is 1.92. The molecule has 0 atom stereocenters. The molecule has 164 valence electrons. The number of nitrogens with one attached hydrogen (secondary N) is 1. The van der Waals surface area contributed by atoms with E-state index < -0.39 is 0 Å². The van der Waals surface area contributed by atoms with Gasteiger partial charge in [-0.05, 0) is 42.0 Å². The highest BCUT2D eigenvalue weighted by Crippen LogP contribution is 2.21. The second-order valence-electron chi connectivity index (χ2n) is 7.59. The van der Waals surface area contributed by atoms with Crippen LogP contribution in [-0.4, -0.2) is 61.9 Å². The van der Waals surface area contributed by atoms with Crippen LogP contribution in [0.2, 0.25) is 0 Å². The van der Waals surface area contributed by atoms with Crippen molar-refractivity contribution < 1.29 is 19.0 Å². The zero-order valence-corrected chi connectivity index (χ0v) is 17.9. The number of hydrogen-bond donors (Lipinski definition) is 1. The van der Waals surface area contributed by atoms with Gasteiger partial charge < -0.3 is 24.1 Å². The Kier molecular flexibility index (Phi) is 7.07. The van der Waals surface area contributed by atoms with Gasteiger partial charge in [0.25, 0.3) is 0 Å². The van der Waals surface area contributed by atoms with Crippen LogP contribution in [0, 0.1) is 0 Å². The maximum Gasteiger partial charge on any atom is 0.240 e. The number of aromatic nitrogens is 1. The molecule has 0 unspecified atom stereocenters. The Morgan fingerprint density at radius 3 is 2.81 bits per heavy atom. The van der Waals surface area contributed by atoms with E-state index in [9.17, 15) is 4.79 Å². The molecule has 2 aromatic carbocycles. The van der Waals surface area contributed by atoms with Crippen LogP contribution in [0.15, 0.2) is 54.7 Å². The second kappa shape index (κ2) is 10.3. The molecule has 3 aromatic rings. The molecule has 1 aromatic heterocycles. The Morgan fingerprint density at radius 1 is 1.10 bits per heavy atom. The molecule has 1 saturated heterocycles. The van der Waals surface area contributed by atoms with Crippen LogP contribution < -0.4 is 14.8 Å². The van der Waals surface area contributed by atoms with Crippen molar-refractivity contribution in [3.8, 4) is 11.5 Å². The van der Waals surface area contributed by atoms with Gasteiger partial charge in [-0.2, -0.15) is 0 Å². The predicted octanol–water partition coefficient (Wildman–Crippen LogP) is 2.68. The average Bonchev–Trinajstić information content (AvgIpc) is 3.20. The fourth-order valence-electron chi connectivity index (χ4n) is 3.72. The summed E-state index contributed by atoms with van der Waals surface area (Å²) in [5, 5.41) is 4.05. The molecule has 0 saturated carbocycles. The van der Waals surface area contributed by atoms with Gasteiger partial charge in [0.15, 0.2) is 0 Å². The lowest BCUT2D eigenvalue weighted by Gasteiger charge is -2.26. The van der Waals surface area contributed by atoms with Crippen molar-refractivity contribution in [2.24, 2.45) is 0 Å². The minimum absolute atomic E-state index is 0.0352. The molecule has 0 bridgehead atoms. The first kappa shape index (κ1) is 21.2. The molecular formula is C24H29N3O4. The number of benzene rings is 2. The SMILES string of the molecule is COc1ccc2c(ccn2CC(=O)NCc2cccc(OCCN3CCOCC3)c2)c1. The van der Waals surface area contributed by atoms with Crippen LogP contribution in [0.1, 0.15) is 5.56 Å². The zero-order chi connectivity index (χ0) is 21.5. The Balaban J connectivity index is 1.26. The van der Waals surface area contributed by atoms with E-state index in [2.05, 4.69) is 10.2 Å². The van der Waals surface area contributed by atoms with Crippen LogP contribution in [0.5, 0.6) is 11.5 Å². The molecule has 0 radical (unpaired) electrons. The van der Waals surface area contributed by atoms with Crippen molar-refractivity contribution in [3.05, 3.63) is 60.3 Å². The average molecular weight is 424 g/mol. The molecule has 1 fully saturated rings. The van der Waals surface area contributed by atoms with Crippen molar-refractivity contribution >= 4 is 16.8 Å². The first-order chi connectivity index (χ1) is 15.2. The molecule has 7 heteroatoms. The van der Waals surface area contributed by atoms with Crippen LogP contribution in [-0.2, 0) is 22.6 Å². The predicted molar refractivity (Wildman–Crippen MR) is 120 cm³/mol. The summed E-state index contributed by atoms with van der Waals surface area (Å²) in [7, 11) is 1.65. The molecule has 2 heterocycles. The van der Waals surface area contributed by atoms with E-state index >= 15 is 0 Å². The highest BCUT2D eigenvalue weighted by Gasteiger charge is 2.10. The van der Waals surface area contributed by atoms with E-state index in [1.807, 2.05) is 59.3 Å². The smallest absolute Gasteiger partial charge is 0.240 e. The van der Waals surface area contributed by atoms with Crippen LogP contribution in [0.25, 0.3) is 10.9 Å². The van der Waals surface area contributed by atoms with Gasteiger partial charge >= 0.3 is 0 Å². The highest BCUT2D eigenvalue weighted by atomic mass is 16.5. The van der Waals surface area contributed by atoms with Gasteiger partial charge in [0.1, 0.15) is 24.7 Å². The maximum absolute atomic E-state index is 12.5. The Bertz CT molecular complexity index is 1010. The number of fused-ring (bicyclic) bond motifs is 1. The van der Waals surface area contributed by atoms with Crippen molar-refractivity contribution in [2.45, 2.75) is 13.1 Å². The maximum atomic E-state index is 12.5. The van der Waals surface area contributed by atoms with Crippen LogP contribution in [0.4, 0.5) is 0 Å². The minimum atomic E-state index is -0.0352. The molecule has 7 nitrogen and oxygen atoms in total. The van der Waals surface area contributed by atoms with E-state index in [0.717, 1.165) is 60.8 Å². The summed E-state index contributed by atoms with van der Waals surface area (Å²) in [4.78, 5) is 14.8. The number of nitrogens with zero attached hydrogens (tertiary/aromatic N) is 2. The molecular weight excluding hydrogens is 394 g/mol. The lowest BCUT2D eigenvalue weighted by Crippen LogP contribution is -2.38. The summed E-state index contributed by atoms with van der Waals surface area (Å²) >= 11 is 0. The summed E-state index contributed by atoms with van der Waals surface area (Å²) in [5.74, 6) is 1.60.